The summed E-state index contributed by atoms with van der Waals surface area (Å²) in [6.07, 6.45) is 0. The Morgan fingerprint density at radius 3 is 2.94 bits per heavy atom. The molecular weight excluding hydrogens is 339 g/mol. The van der Waals surface area contributed by atoms with Crippen LogP contribution in [0.25, 0.3) is 11.5 Å². The molecule has 0 aliphatic heterocycles. The second-order valence-electron chi connectivity index (χ2n) is 3.00. The third-order valence-corrected chi connectivity index (χ3v) is 3.65. The summed E-state index contributed by atoms with van der Waals surface area (Å²) < 4.78 is 5.90. The smallest absolute Gasteiger partial charge is 0.181 e. The van der Waals surface area contributed by atoms with Crippen LogP contribution in [0.4, 0.5) is 5.82 Å². The van der Waals surface area contributed by atoms with Crippen molar-refractivity contribution in [1.29, 1.82) is 0 Å². The first kappa shape index (κ1) is 11.7. The van der Waals surface area contributed by atoms with Crippen LogP contribution in [-0.4, -0.2) is 22.1 Å². The topological polar surface area (TPSA) is 73.9 Å². The highest BCUT2D eigenvalue weighted by atomic mass is 127. The molecule has 0 amide bonds. The number of rotatable bonds is 3. The van der Waals surface area contributed by atoms with Crippen molar-refractivity contribution in [1.82, 2.24) is 15.0 Å². The molecule has 0 spiro atoms. The molecule has 0 atom stereocenters. The molecule has 0 saturated carbocycles. The minimum Gasteiger partial charge on any atom is -0.383 e. The van der Waals surface area contributed by atoms with Gasteiger partial charge in [0.15, 0.2) is 5.82 Å². The van der Waals surface area contributed by atoms with Gasteiger partial charge in [-0.15, -0.1) is 11.3 Å². The summed E-state index contributed by atoms with van der Waals surface area (Å²) in [5.74, 6) is 1.01. The van der Waals surface area contributed by atoms with Gasteiger partial charge in [0.2, 0.25) is 0 Å². The van der Waals surface area contributed by atoms with E-state index in [1.807, 2.05) is 5.38 Å². The first-order chi connectivity index (χ1) is 7.72. The molecule has 0 bridgehead atoms. The Kier molecular flexibility index (Phi) is 3.66. The van der Waals surface area contributed by atoms with Gasteiger partial charge in [-0.05, 0) is 22.6 Å². The predicted octanol–water partition coefficient (Wildman–Crippen LogP) is 1.93. The number of halogens is 1. The number of nitrogens with zero attached hydrogens (tertiary/aromatic N) is 3. The predicted molar refractivity (Wildman–Crippen MR) is 71.0 cm³/mol. The van der Waals surface area contributed by atoms with Gasteiger partial charge in [-0.25, -0.2) is 15.0 Å². The van der Waals surface area contributed by atoms with E-state index in [-0.39, 0.29) is 0 Å². The first-order valence-corrected chi connectivity index (χ1v) is 6.44. The van der Waals surface area contributed by atoms with E-state index in [0.717, 1.165) is 15.0 Å². The zero-order valence-electron chi connectivity index (χ0n) is 8.48. The molecular formula is C9H9IN4OS. The highest BCUT2D eigenvalue weighted by molar-refractivity contribution is 14.1. The highest BCUT2D eigenvalue weighted by Gasteiger charge is 2.12. The van der Waals surface area contributed by atoms with Crippen LogP contribution in [0, 0.1) is 3.57 Å². The van der Waals surface area contributed by atoms with Crippen molar-refractivity contribution in [3.05, 3.63) is 20.2 Å². The molecule has 0 saturated heterocycles. The molecule has 2 aromatic heterocycles. The van der Waals surface area contributed by atoms with Crippen LogP contribution in [0.5, 0.6) is 0 Å². The van der Waals surface area contributed by atoms with Crippen molar-refractivity contribution >= 4 is 39.7 Å². The van der Waals surface area contributed by atoms with Crippen molar-refractivity contribution in [2.45, 2.75) is 6.61 Å². The van der Waals surface area contributed by atoms with E-state index in [1.54, 1.807) is 12.6 Å². The van der Waals surface area contributed by atoms with Crippen LogP contribution in [0.2, 0.25) is 0 Å². The zero-order chi connectivity index (χ0) is 11.5. The largest absolute Gasteiger partial charge is 0.383 e. The van der Waals surface area contributed by atoms with E-state index >= 15 is 0 Å². The molecule has 0 aliphatic carbocycles. The zero-order valence-corrected chi connectivity index (χ0v) is 11.4. The molecule has 0 radical (unpaired) electrons. The van der Waals surface area contributed by atoms with Gasteiger partial charge in [-0.1, -0.05) is 0 Å². The van der Waals surface area contributed by atoms with Crippen molar-refractivity contribution in [3.8, 4) is 11.5 Å². The summed E-state index contributed by atoms with van der Waals surface area (Å²) in [7, 11) is 1.62. The van der Waals surface area contributed by atoms with E-state index in [4.69, 9.17) is 10.5 Å². The Morgan fingerprint density at radius 1 is 1.50 bits per heavy atom. The quantitative estimate of drug-likeness (QED) is 0.858. The van der Waals surface area contributed by atoms with E-state index < -0.39 is 0 Å². The van der Waals surface area contributed by atoms with Gasteiger partial charge in [-0.3, -0.25) is 0 Å². The average Bonchev–Trinajstić information content (AvgIpc) is 2.78. The lowest BCUT2D eigenvalue weighted by Crippen LogP contribution is -2.05. The number of hydrogen-bond acceptors (Lipinski definition) is 6. The number of ether oxygens (including phenoxy) is 1. The molecule has 2 aromatic rings. The molecule has 5 nitrogen and oxygen atoms in total. The second-order valence-corrected chi connectivity index (χ2v) is 4.80. The number of thiazole rings is 1. The molecule has 2 N–H and O–H groups in total. The molecule has 0 fully saturated rings. The highest BCUT2D eigenvalue weighted by Crippen LogP contribution is 2.22. The van der Waals surface area contributed by atoms with Crippen molar-refractivity contribution in [3.63, 3.8) is 0 Å². The Morgan fingerprint density at radius 2 is 2.31 bits per heavy atom. The minimum absolute atomic E-state index is 0.419. The minimum atomic E-state index is 0.419. The summed E-state index contributed by atoms with van der Waals surface area (Å²) in [6, 6.07) is 0. The van der Waals surface area contributed by atoms with Gasteiger partial charge in [-0.2, -0.15) is 0 Å². The Hall–Kier alpha value is -0.800. The monoisotopic (exact) mass is 348 g/mol. The van der Waals surface area contributed by atoms with Gasteiger partial charge >= 0.3 is 0 Å². The van der Waals surface area contributed by atoms with Crippen LogP contribution >= 0.6 is 33.9 Å². The van der Waals surface area contributed by atoms with Crippen molar-refractivity contribution in [2.24, 2.45) is 0 Å². The van der Waals surface area contributed by atoms with Crippen LogP contribution in [0.15, 0.2) is 10.9 Å². The standard InChI is InChI=1S/C9H9IN4OS/c1-15-2-5-7(10)8(11)14-9(13-5)6-3-16-4-12-6/h3-4H,2H2,1H3,(H2,11,13,14). The number of methoxy groups -OCH3 is 1. The third kappa shape index (κ3) is 2.30. The number of anilines is 1. The molecule has 0 aromatic carbocycles. The lowest BCUT2D eigenvalue weighted by Gasteiger charge is -2.06. The Bertz CT molecular complexity index is 489. The molecule has 0 aliphatic rings. The maximum atomic E-state index is 5.82. The summed E-state index contributed by atoms with van der Waals surface area (Å²) in [4.78, 5) is 12.7. The van der Waals surface area contributed by atoms with Crippen molar-refractivity contribution < 1.29 is 4.74 Å². The third-order valence-electron chi connectivity index (χ3n) is 1.89. The lowest BCUT2D eigenvalue weighted by atomic mass is 10.3. The van der Waals surface area contributed by atoms with Crippen LogP contribution < -0.4 is 5.73 Å². The van der Waals surface area contributed by atoms with Gasteiger partial charge in [0.25, 0.3) is 0 Å². The maximum absolute atomic E-state index is 5.82. The Balaban J connectivity index is 2.48. The fourth-order valence-electron chi connectivity index (χ4n) is 1.18. The molecule has 16 heavy (non-hydrogen) atoms. The molecule has 7 heteroatoms. The van der Waals surface area contributed by atoms with Gasteiger partial charge in [0.1, 0.15) is 11.5 Å². The van der Waals surface area contributed by atoms with E-state index in [2.05, 4.69) is 37.5 Å². The van der Waals surface area contributed by atoms with Gasteiger partial charge in [0, 0.05) is 12.5 Å². The normalized spacial score (nSPS) is 10.6. The fourth-order valence-corrected chi connectivity index (χ4v) is 2.11. The molecule has 0 unspecified atom stereocenters. The van der Waals surface area contributed by atoms with Crippen LogP contribution in [-0.2, 0) is 11.3 Å². The van der Waals surface area contributed by atoms with Crippen LogP contribution in [0.1, 0.15) is 5.69 Å². The van der Waals surface area contributed by atoms with Crippen molar-refractivity contribution in [2.75, 3.05) is 12.8 Å². The summed E-state index contributed by atoms with van der Waals surface area (Å²) >= 11 is 3.61. The average molecular weight is 348 g/mol. The molecule has 2 heterocycles. The number of nitrogens with two attached hydrogens (primary N) is 1. The Labute approximate surface area is 110 Å². The maximum Gasteiger partial charge on any atom is 0.181 e. The van der Waals surface area contributed by atoms with Gasteiger partial charge in [0.05, 0.1) is 21.4 Å². The molecule has 84 valence electrons. The van der Waals surface area contributed by atoms with Crippen LogP contribution in [0.3, 0.4) is 0 Å². The lowest BCUT2D eigenvalue weighted by molar-refractivity contribution is 0.181. The van der Waals surface area contributed by atoms with Gasteiger partial charge < -0.3 is 10.5 Å². The van der Waals surface area contributed by atoms with E-state index in [1.165, 1.54) is 11.3 Å². The summed E-state index contributed by atoms with van der Waals surface area (Å²) in [5, 5.41) is 1.89. The van der Waals surface area contributed by atoms with E-state index in [0.29, 0.717) is 18.2 Å². The summed E-state index contributed by atoms with van der Waals surface area (Å²) in [6.45, 7) is 0.419. The van der Waals surface area contributed by atoms with E-state index in [9.17, 15) is 0 Å². The number of hydrogen-bond donors (Lipinski definition) is 1. The fraction of sp³-hybridized carbons (Fsp3) is 0.222. The SMILES string of the molecule is COCc1nc(-c2cscn2)nc(N)c1I. The first-order valence-electron chi connectivity index (χ1n) is 4.41. The summed E-state index contributed by atoms with van der Waals surface area (Å²) in [5.41, 5.74) is 9.09. The number of aromatic nitrogens is 3. The second kappa shape index (κ2) is 5.02. The number of nitrogen functional groups attached to an aromatic ring is 1. The molecule has 2 rings (SSSR count).